The van der Waals surface area contributed by atoms with Gasteiger partial charge < -0.3 is 15.3 Å². The van der Waals surface area contributed by atoms with Gasteiger partial charge in [0.2, 0.25) is 0 Å². The molecule has 0 aliphatic rings. The van der Waals surface area contributed by atoms with Crippen LogP contribution in [0.2, 0.25) is 0 Å². The molecule has 0 heterocycles. The van der Waals surface area contributed by atoms with Gasteiger partial charge in [0.1, 0.15) is 6.04 Å². The number of carbonyl (C=O) groups excluding carboxylic acids is 1. The summed E-state index contributed by atoms with van der Waals surface area (Å²) < 4.78 is 0. The fourth-order valence-electron chi connectivity index (χ4n) is 1.31. The van der Waals surface area contributed by atoms with Crippen LogP contribution in [0.1, 0.15) is 34.1 Å². The molecule has 0 bridgehead atoms. The van der Waals surface area contributed by atoms with Crippen molar-refractivity contribution in [3.05, 3.63) is 0 Å². The third-order valence-corrected chi connectivity index (χ3v) is 2.23. The minimum Gasteiger partial charge on any atom is -0.480 e. The molecule has 15 heavy (non-hydrogen) atoms. The molecule has 88 valence electrons. The number of nitrogens with zero attached hydrogens (tertiary/aromatic N) is 1. The van der Waals surface area contributed by atoms with E-state index in [1.54, 1.807) is 11.8 Å². The molecule has 0 aliphatic heterocycles. The van der Waals surface area contributed by atoms with Crippen molar-refractivity contribution in [2.24, 2.45) is 0 Å². The molecule has 2 amide bonds. The zero-order chi connectivity index (χ0) is 12.0. The normalized spacial score (nSPS) is 12.3. The van der Waals surface area contributed by atoms with Gasteiger partial charge in [-0.15, -0.1) is 0 Å². The predicted octanol–water partition coefficient (Wildman–Crippen LogP) is 1.29. The molecular weight excluding hydrogens is 196 g/mol. The molecule has 2 N–H and O–H groups in total. The Labute approximate surface area is 90.5 Å². The van der Waals surface area contributed by atoms with Crippen LogP contribution in [0, 0.1) is 0 Å². The van der Waals surface area contributed by atoms with E-state index in [1.807, 2.05) is 20.8 Å². The van der Waals surface area contributed by atoms with Gasteiger partial charge in [0.05, 0.1) is 0 Å². The lowest BCUT2D eigenvalue weighted by Crippen LogP contribution is -2.49. The van der Waals surface area contributed by atoms with Crippen LogP contribution in [0.25, 0.3) is 0 Å². The number of rotatable bonds is 5. The summed E-state index contributed by atoms with van der Waals surface area (Å²) in [6.07, 6.45) is 0.386. The van der Waals surface area contributed by atoms with E-state index in [1.165, 1.54) is 0 Å². The van der Waals surface area contributed by atoms with Crippen molar-refractivity contribution in [1.29, 1.82) is 0 Å². The second kappa shape index (κ2) is 6.27. The summed E-state index contributed by atoms with van der Waals surface area (Å²) >= 11 is 0. The highest BCUT2D eigenvalue weighted by molar-refractivity contribution is 5.82. The average Bonchev–Trinajstić information content (AvgIpc) is 2.14. The van der Waals surface area contributed by atoms with Gasteiger partial charge in [0.25, 0.3) is 0 Å². The van der Waals surface area contributed by atoms with Crippen molar-refractivity contribution in [2.75, 3.05) is 6.54 Å². The van der Waals surface area contributed by atoms with Crippen molar-refractivity contribution in [3.8, 4) is 0 Å². The maximum Gasteiger partial charge on any atom is 0.326 e. The predicted molar refractivity (Wildman–Crippen MR) is 57.8 cm³/mol. The Morgan fingerprint density at radius 3 is 2.13 bits per heavy atom. The molecule has 0 saturated carbocycles. The molecule has 5 nitrogen and oxygen atoms in total. The molecule has 1 unspecified atom stereocenters. The van der Waals surface area contributed by atoms with E-state index in [0.717, 1.165) is 0 Å². The van der Waals surface area contributed by atoms with Crippen LogP contribution in [0.5, 0.6) is 0 Å². The summed E-state index contributed by atoms with van der Waals surface area (Å²) in [5.41, 5.74) is 0. The molecular formula is C10H20N2O3. The SMILES string of the molecule is CCC(NC(=O)N(CC)C(C)C)C(=O)O. The van der Waals surface area contributed by atoms with Crippen LogP contribution in [-0.4, -0.2) is 40.6 Å². The van der Waals surface area contributed by atoms with Crippen LogP contribution >= 0.6 is 0 Å². The van der Waals surface area contributed by atoms with Gasteiger partial charge in [-0.2, -0.15) is 0 Å². The number of carbonyl (C=O) groups is 2. The third kappa shape index (κ3) is 4.18. The Morgan fingerprint density at radius 1 is 1.33 bits per heavy atom. The molecule has 0 aromatic carbocycles. The molecule has 0 fully saturated rings. The van der Waals surface area contributed by atoms with Crippen molar-refractivity contribution < 1.29 is 14.7 Å². The van der Waals surface area contributed by atoms with Gasteiger partial charge in [0, 0.05) is 12.6 Å². The van der Waals surface area contributed by atoms with Gasteiger partial charge in [-0.05, 0) is 27.2 Å². The number of nitrogens with one attached hydrogen (secondary N) is 1. The third-order valence-electron chi connectivity index (χ3n) is 2.23. The number of amides is 2. The first-order chi connectivity index (χ1) is 6.93. The molecule has 5 heteroatoms. The van der Waals surface area contributed by atoms with Gasteiger partial charge in [-0.1, -0.05) is 6.92 Å². The highest BCUT2D eigenvalue weighted by Gasteiger charge is 2.21. The fourth-order valence-corrected chi connectivity index (χ4v) is 1.31. The first-order valence-electron chi connectivity index (χ1n) is 5.23. The minimum atomic E-state index is -0.995. The van der Waals surface area contributed by atoms with E-state index in [4.69, 9.17) is 5.11 Å². The lowest BCUT2D eigenvalue weighted by Gasteiger charge is -2.26. The molecule has 0 aromatic heterocycles. The maximum atomic E-state index is 11.6. The first kappa shape index (κ1) is 13.7. The van der Waals surface area contributed by atoms with Crippen molar-refractivity contribution >= 4 is 12.0 Å². The monoisotopic (exact) mass is 216 g/mol. The zero-order valence-corrected chi connectivity index (χ0v) is 9.78. The van der Waals surface area contributed by atoms with Gasteiger partial charge in [0.15, 0.2) is 0 Å². The topological polar surface area (TPSA) is 69.6 Å². The van der Waals surface area contributed by atoms with E-state index in [2.05, 4.69) is 5.32 Å². The van der Waals surface area contributed by atoms with Crippen LogP contribution in [0.3, 0.4) is 0 Å². The highest BCUT2D eigenvalue weighted by Crippen LogP contribution is 2.00. The van der Waals surface area contributed by atoms with E-state index in [9.17, 15) is 9.59 Å². The van der Waals surface area contributed by atoms with Gasteiger partial charge in [-0.25, -0.2) is 9.59 Å². The van der Waals surface area contributed by atoms with Gasteiger partial charge >= 0.3 is 12.0 Å². The van der Waals surface area contributed by atoms with Crippen molar-refractivity contribution in [2.45, 2.75) is 46.2 Å². The van der Waals surface area contributed by atoms with Crippen molar-refractivity contribution in [1.82, 2.24) is 10.2 Å². The zero-order valence-electron chi connectivity index (χ0n) is 9.78. The number of aliphatic carboxylic acids is 1. The molecule has 0 aliphatic carbocycles. The summed E-state index contributed by atoms with van der Waals surface area (Å²) in [5.74, 6) is -0.995. The highest BCUT2D eigenvalue weighted by atomic mass is 16.4. The van der Waals surface area contributed by atoms with E-state index in [-0.39, 0.29) is 12.1 Å². The number of carboxylic acids is 1. The van der Waals surface area contributed by atoms with E-state index in [0.29, 0.717) is 13.0 Å². The Hall–Kier alpha value is -1.26. The number of hydrogen-bond acceptors (Lipinski definition) is 2. The summed E-state index contributed by atoms with van der Waals surface area (Å²) in [6, 6.07) is -1.05. The Balaban J connectivity index is 4.38. The molecule has 0 radical (unpaired) electrons. The Bertz CT molecular complexity index is 229. The smallest absolute Gasteiger partial charge is 0.326 e. The van der Waals surface area contributed by atoms with E-state index >= 15 is 0 Å². The molecule has 0 rings (SSSR count). The fraction of sp³-hybridized carbons (Fsp3) is 0.800. The summed E-state index contributed by atoms with van der Waals surface area (Å²) in [7, 11) is 0. The second-order valence-electron chi connectivity index (χ2n) is 3.63. The quantitative estimate of drug-likeness (QED) is 0.727. The lowest BCUT2D eigenvalue weighted by atomic mass is 10.2. The van der Waals surface area contributed by atoms with E-state index < -0.39 is 12.0 Å². The molecule has 0 spiro atoms. The maximum absolute atomic E-state index is 11.6. The first-order valence-corrected chi connectivity index (χ1v) is 5.23. The standard InChI is InChI=1S/C10H20N2O3/c1-5-8(9(13)14)11-10(15)12(6-2)7(3)4/h7-8H,5-6H2,1-4H3,(H,11,15)(H,13,14). The average molecular weight is 216 g/mol. The Morgan fingerprint density at radius 2 is 1.87 bits per heavy atom. The molecule has 0 aromatic rings. The number of hydrogen-bond donors (Lipinski definition) is 2. The number of urea groups is 1. The van der Waals surface area contributed by atoms with Crippen LogP contribution in [0.15, 0.2) is 0 Å². The molecule has 1 atom stereocenters. The largest absolute Gasteiger partial charge is 0.480 e. The minimum absolute atomic E-state index is 0.0706. The lowest BCUT2D eigenvalue weighted by molar-refractivity contribution is -0.139. The van der Waals surface area contributed by atoms with Crippen LogP contribution in [0.4, 0.5) is 4.79 Å². The van der Waals surface area contributed by atoms with Crippen LogP contribution in [-0.2, 0) is 4.79 Å². The summed E-state index contributed by atoms with van der Waals surface area (Å²) in [5, 5.41) is 11.3. The van der Waals surface area contributed by atoms with Crippen LogP contribution < -0.4 is 5.32 Å². The summed E-state index contributed by atoms with van der Waals surface area (Å²) in [6.45, 7) is 7.95. The Kier molecular flexibility index (Phi) is 5.74. The van der Waals surface area contributed by atoms with Crippen molar-refractivity contribution in [3.63, 3.8) is 0 Å². The summed E-state index contributed by atoms with van der Waals surface area (Å²) in [4.78, 5) is 23.9. The molecule has 0 saturated heterocycles. The second-order valence-corrected chi connectivity index (χ2v) is 3.63. The van der Waals surface area contributed by atoms with Gasteiger partial charge in [-0.3, -0.25) is 0 Å². The number of carboxylic acid groups (broad SMARTS) is 1.